The fourth-order valence-electron chi connectivity index (χ4n) is 0.601. The van der Waals surface area contributed by atoms with Gasteiger partial charge in [0.15, 0.2) is 0 Å². The average molecular weight is 250 g/mol. The van der Waals surface area contributed by atoms with E-state index in [-0.39, 0.29) is 18.9 Å². The molecule has 0 bridgehead atoms. The van der Waals surface area contributed by atoms with E-state index in [2.05, 4.69) is 0 Å². The van der Waals surface area contributed by atoms with E-state index in [9.17, 15) is 30.3 Å². The Kier molecular flexibility index (Phi) is 8.65. The third-order valence-electron chi connectivity index (χ3n) is 1.10. The predicted molar refractivity (Wildman–Crippen MR) is 43.4 cm³/mol. The molecule has 1 rings (SSSR count). The van der Waals surface area contributed by atoms with E-state index < -0.39 is 28.4 Å². The van der Waals surface area contributed by atoms with E-state index >= 15 is 0 Å². The summed E-state index contributed by atoms with van der Waals surface area (Å²) in [6.07, 6.45) is 0. The van der Waals surface area contributed by atoms with Crippen molar-refractivity contribution in [1.82, 2.24) is 0 Å². The van der Waals surface area contributed by atoms with Crippen LogP contribution in [0.15, 0.2) is 29.2 Å². The van der Waals surface area contributed by atoms with Crippen molar-refractivity contribution in [2.75, 3.05) is 0 Å². The number of hydrogen-bond donors (Lipinski definition) is 0. The van der Waals surface area contributed by atoms with Crippen LogP contribution in [0.3, 0.4) is 0 Å². The van der Waals surface area contributed by atoms with Crippen LogP contribution in [0.1, 0.15) is 0 Å². The molecule has 0 heterocycles. The molecule has 84 valence electrons. The van der Waals surface area contributed by atoms with Gasteiger partial charge in [0.25, 0.3) is 0 Å². The Hall–Kier alpha value is -0.488. The van der Waals surface area contributed by atoms with E-state index in [4.69, 9.17) is 0 Å². The van der Waals surface area contributed by atoms with Crippen LogP contribution in [0.2, 0.25) is 0 Å². The van der Waals surface area contributed by atoms with Gasteiger partial charge in [-0.15, -0.1) is 0 Å². The van der Waals surface area contributed by atoms with Crippen LogP contribution >= 0.6 is 0 Å². The number of hydrogen-bond acceptors (Lipinski definition) is 3. The minimum absolute atomic E-state index is 0. The number of halogens is 4. The first-order chi connectivity index (χ1) is 6.73. The predicted octanol–water partition coefficient (Wildman–Crippen LogP) is -1.39. The van der Waals surface area contributed by atoms with Gasteiger partial charge in [-0.3, -0.25) is 12.9 Å². The molecule has 0 amide bonds. The number of rotatable bonds is 1. The van der Waals surface area contributed by atoms with Gasteiger partial charge in [-0.05, 0) is 24.3 Å². The van der Waals surface area contributed by atoms with Crippen LogP contribution < -0.4 is 18.9 Å². The summed E-state index contributed by atoms with van der Waals surface area (Å²) in [4.78, 5) is -0.418. The molecule has 0 radical (unpaired) electrons. The van der Waals surface area contributed by atoms with Crippen LogP contribution in [0.4, 0.5) is 17.3 Å². The molecular formula is C6H4BF4LiO3S. The summed E-state index contributed by atoms with van der Waals surface area (Å²) < 4.78 is 72.0. The van der Waals surface area contributed by atoms with Gasteiger partial charge in [0, 0.05) is 0 Å². The maximum absolute atomic E-state index is 12.2. The summed E-state index contributed by atoms with van der Waals surface area (Å²) >= 11 is 0. The molecule has 0 aliphatic carbocycles. The molecule has 0 atom stereocenters. The fraction of sp³-hybridized carbons (Fsp3) is 0. The molecule has 0 saturated heterocycles. The van der Waals surface area contributed by atoms with Crippen LogP contribution in [0.5, 0.6) is 0 Å². The molecule has 0 aliphatic heterocycles. The Morgan fingerprint density at radius 2 is 1.38 bits per heavy atom. The molecule has 16 heavy (non-hydrogen) atoms. The fourth-order valence-corrected chi connectivity index (χ4v) is 1.07. The molecular weight excluding hydrogens is 246 g/mol. The SMILES string of the molecule is FB(F)F.O=S(=O)([O-])c1ccc(F)cc1.[Li+]. The van der Waals surface area contributed by atoms with Gasteiger partial charge < -0.3 is 4.55 Å². The quantitative estimate of drug-likeness (QED) is 0.350. The van der Waals surface area contributed by atoms with Crippen molar-refractivity contribution in [2.24, 2.45) is 0 Å². The van der Waals surface area contributed by atoms with Gasteiger partial charge in [0.2, 0.25) is 0 Å². The molecule has 0 unspecified atom stereocenters. The Labute approximate surface area is 102 Å². The maximum Gasteiger partial charge on any atom is 1.00 e. The second-order valence-electron chi connectivity index (χ2n) is 2.16. The van der Waals surface area contributed by atoms with Gasteiger partial charge >= 0.3 is 26.4 Å². The summed E-state index contributed by atoms with van der Waals surface area (Å²) in [5.74, 6) is -0.572. The zero-order valence-corrected chi connectivity index (χ0v) is 8.85. The molecule has 0 saturated carbocycles. The zero-order valence-electron chi connectivity index (χ0n) is 8.03. The summed E-state index contributed by atoms with van der Waals surface area (Å²) in [7, 11) is -8.10. The molecule has 0 aliphatic rings. The topological polar surface area (TPSA) is 57.2 Å². The van der Waals surface area contributed by atoms with Crippen LogP contribution in [-0.2, 0) is 10.1 Å². The van der Waals surface area contributed by atoms with Crippen molar-refractivity contribution in [1.29, 1.82) is 0 Å². The van der Waals surface area contributed by atoms with E-state index in [0.717, 1.165) is 24.3 Å². The van der Waals surface area contributed by atoms with Gasteiger partial charge in [0.1, 0.15) is 15.9 Å². The summed E-state index contributed by atoms with van der Waals surface area (Å²) in [5.41, 5.74) is 0. The van der Waals surface area contributed by atoms with E-state index in [1.165, 1.54) is 0 Å². The molecule has 3 nitrogen and oxygen atoms in total. The maximum atomic E-state index is 12.2. The third kappa shape index (κ3) is 8.79. The largest absolute Gasteiger partial charge is 1.00 e. The van der Waals surface area contributed by atoms with Crippen molar-refractivity contribution in [3.63, 3.8) is 0 Å². The van der Waals surface area contributed by atoms with Gasteiger partial charge in [0.05, 0.1) is 4.90 Å². The molecule has 0 aromatic heterocycles. The molecule has 10 heteroatoms. The number of benzene rings is 1. The zero-order chi connectivity index (χ0) is 12.1. The van der Waals surface area contributed by atoms with E-state index in [1.807, 2.05) is 0 Å². The smallest absolute Gasteiger partial charge is 0.744 e. The van der Waals surface area contributed by atoms with Crippen LogP contribution in [0.25, 0.3) is 0 Å². The molecule has 0 fully saturated rings. The van der Waals surface area contributed by atoms with Gasteiger partial charge in [-0.1, -0.05) is 0 Å². The first-order valence-corrected chi connectivity index (χ1v) is 4.78. The minimum atomic E-state index is -4.44. The second-order valence-corrected chi connectivity index (χ2v) is 3.54. The standard InChI is InChI=1S/C6H5FO3S.BF3.Li/c7-5-1-3-6(4-2-5)11(8,9)10;2-1(3)4;/h1-4H,(H,8,9,10);;/q;;+1/p-1. The average Bonchev–Trinajstić information content (AvgIpc) is 2.01. The summed E-state index contributed by atoms with van der Waals surface area (Å²) in [5, 5.41) is 0. The Morgan fingerprint density at radius 3 is 1.62 bits per heavy atom. The normalized spacial score (nSPS) is 9.56. The van der Waals surface area contributed by atoms with Crippen LogP contribution in [-0.4, -0.2) is 20.5 Å². The summed E-state index contributed by atoms with van der Waals surface area (Å²) in [6.45, 7) is 0. The van der Waals surface area contributed by atoms with Gasteiger partial charge in [-0.2, -0.15) is 0 Å². The van der Waals surface area contributed by atoms with E-state index in [1.54, 1.807) is 0 Å². The van der Waals surface area contributed by atoms with Crippen molar-refractivity contribution in [2.45, 2.75) is 4.90 Å². The molecule has 0 spiro atoms. The third-order valence-corrected chi connectivity index (χ3v) is 1.95. The molecule has 1 aromatic rings. The van der Waals surface area contributed by atoms with Crippen molar-refractivity contribution < 1.29 is 49.2 Å². The molecule has 1 aromatic carbocycles. The Morgan fingerprint density at radius 1 is 1.06 bits per heavy atom. The Bertz CT molecular complexity index is 394. The second kappa shape index (κ2) is 7.73. The summed E-state index contributed by atoms with van der Waals surface area (Å²) in [6, 6.07) is 3.70. The first-order valence-electron chi connectivity index (χ1n) is 3.37. The molecule has 0 N–H and O–H groups in total. The first kappa shape index (κ1) is 17.9. The monoisotopic (exact) mass is 250 g/mol. The Balaban J connectivity index is 0. The van der Waals surface area contributed by atoms with Crippen molar-refractivity contribution in [3.8, 4) is 0 Å². The minimum Gasteiger partial charge on any atom is -0.744 e. The van der Waals surface area contributed by atoms with Crippen LogP contribution in [0, 0.1) is 5.82 Å². The van der Waals surface area contributed by atoms with Crippen molar-refractivity contribution in [3.05, 3.63) is 30.1 Å². The van der Waals surface area contributed by atoms with E-state index in [0.29, 0.717) is 0 Å². The van der Waals surface area contributed by atoms with Gasteiger partial charge in [-0.25, -0.2) is 12.8 Å². The van der Waals surface area contributed by atoms with Crippen molar-refractivity contribution >= 4 is 17.7 Å².